The maximum absolute atomic E-state index is 13.1. The highest BCUT2D eigenvalue weighted by molar-refractivity contribution is 7.47. The van der Waals surface area contributed by atoms with Gasteiger partial charge in [0.1, 0.15) is 19.3 Å². The van der Waals surface area contributed by atoms with Crippen LogP contribution in [0.2, 0.25) is 0 Å². The highest BCUT2D eigenvalue weighted by Crippen LogP contribution is 2.45. The molecule has 0 aliphatic heterocycles. The first-order valence-electron chi connectivity index (χ1n) is 41.4. The molecule has 19 heteroatoms. The molecule has 0 aromatic heterocycles. The first kappa shape index (κ1) is 101. The van der Waals surface area contributed by atoms with E-state index in [1.807, 2.05) is 0 Å². The molecule has 0 radical (unpaired) electrons. The van der Waals surface area contributed by atoms with Crippen molar-refractivity contribution in [3.8, 4) is 0 Å². The van der Waals surface area contributed by atoms with Gasteiger partial charge in [-0.05, 0) is 167 Å². The number of unbranched alkanes of at least 4 members (excludes halogenated alkanes) is 29. The molecule has 0 rings (SSSR count). The molecule has 0 saturated heterocycles. The third-order valence-corrected chi connectivity index (χ3v) is 19.0. The molecule has 0 heterocycles. The smallest absolute Gasteiger partial charge is 0.462 e. The number of carbonyl (C=O) groups excluding carboxylic acids is 4. The van der Waals surface area contributed by atoms with E-state index in [1.54, 1.807) is 0 Å². The van der Waals surface area contributed by atoms with Crippen LogP contribution in [0.5, 0.6) is 0 Å². The third-order valence-electron chi connectivity index (χ3n) is 17.1. The molecule has 106 heavy (non-hydrogen) atoms. The number of hydrogen-bond acceptors (Lipinski definition) is 15. The topological polar surface area (TPSA) is 237 Å². The maximum Gasteiger partial charge on any atom is 0.472 e. The Morgan fingerprint density at radius 1 is 0.274 bits per heavy atom. The molecule has 0 bridgehead atoms. The van der Waals surface area contributed by atoms with Gasteiger partial charge in [0.2, 0.25) is 0 Å². The summed E-state index contributed by atoms with van der Waals surface area (Å²) in [5.74, 6) is -2.24. The molecule has 0 aliphatic carbocycles. The Balaban J connectivity index is 5.40. The first-order chi connectivity index (χ1) is 51.7. The minimum atomic E-state index is -4.99. The summed E-state index contributed by atoms with van der Waals surface area (Å²) in [6.07, 6.45) is 88.4. The molecule has 0 amide bonds. The van der Waals surface area contributed by atoms with Crippen LogP contribution in [-0.4, -0.2) is 96.7 Å². The van der Waals surface area contributed by atoms with E-state index < -0.39 is 97.5 Å². The van der Waals surface area contributed by atoms with Crippen molar-refractivity contribution in [2.45, 2.75) is 354 Å². The SMILES string of the molecule is CC/C=C\C/C=C\C/C=C\C/C=C\C/C=C\CCCCCC(=O)OCC(COP(=O)(O)OCC(O)COP(=O)(O)OCC(COC(=O)CCCCCCCC/C=C\C/C=C\C/C=C\CCCCC)OC(=O)CCCCCCC/C=C\C/C=C\CCCCC)OC(=O)CCCCCCC/C=C\CCCCCC. The van der Waals surface area contributed by atoms with Crippen LogP contribution in [0, 0.1) is 0 Å². The largest absolute Gasteiger partial charge is 0.472 e. The second kappa shape index (κ2) is 78.3. The highest BCUT2D eigenvalue weighted by Gasteiger charge is 2.30. The number of phosphoric acid groups is 2. The zero-order valence-corrected chi connectivity index (χ0v) is 68.4. The molecule has 608 valence electrons. The molecule has 17 nitrogen and oxygen atoms in total. The summed E-state index contributed by atoms with van der Waals surface area (Å²) in [5.41, 5.74) is 0. The Kier molecular flexibility index (Phi) is 74.8. The lowest BCUT2D eigenvalue weighted by molar-refractivity contribution is -0.161. The van der Waals surface area contributed by atoms with Gasteiger partial charge in [-0.25, -0.2) is 9.13 Å². The van der Waals surface area contributed by atoms with Crippen molar-refractivity contribution >= 4 is 39.5 Å². The average Bonchev–Trinajstić information content (AvgIpc) is 0.901. The van der Waals surface area contributed by atoms with Gasteiger partial charge in [0.05, 0.1) is 26.4 Å². The number of aliphatic hydroxyl groups excluding tert-OH is 1. The van der Waals surface area contributed by atoms with Gasteiger partial charge >= 0.3 is 39.5 Å². The predicted octanol–water partition coefficient (Wildman–Crippen LogP) is 24.4. The van der Waals surface area contributed by atoms with Crippen LogP contribution in [-0.2, 0) is 65.4 Å². The van der Waals surface area contributed by atoms with Crippen LogP contribution in [0.15, 0.2) is 134 Å². The van der Waals surface area contributed by atoms with Crippen LogP contribution in [0.1, 0.15) is 336 Å². The number of phosphoric ester groups is 2. The number of hydrogen-bond donors (Lipinski definition) is 3. The van der Waals surface area contributed by atoms with Crippen molar-refractivity contribution in [1.82, 2.24) is 0 Å². The van der Waals surface area contributed by atoms with Crippen LogP contribution < -0.4 is 0 Å². The summed E-state index contributed by atoms with van der Waals surface area (Å²) in [7, 11) is -9.98. The van der Waals surface area contributed by atoms with Crippen LogP contribution >= 0.6 is 15.6 Å². The van der Waals surface area contributed by atoms with Gasteiger partial charge in [0, 0.05) is 25.7 Å². The van der Waals surface area contributed by atoms with Gasteiger partial charge < -0.3 is 33.8 Å². The quantitative estimate of drug-likeness (QED) is 0.0169. The Bertz CT molecular complexity index is 2530. The number of carbonyl (C=O) groups is 4. The lowest BCUT2D eigenvalue weighted by Gasteiger charge is -2.21. The Labute approximate surface area is 644 Å². The number of aliphatic hydroxyl groups is 1. The third kappa shape index (κ3) is 77.4. The standard InChI is InChI=1S/C87H148O17P2/c1-5-9-13-17-21-25-29-33-36-38-40-42-45-48-51-55-59-63-67-71-84(89)97-77-82(103-86(91)73-69-65-61-57-53-47-32-28-24-20-16-12-8-4)79-101-105(93,94)99-75-81(88)76-100-106(95,96)102-80-83(104-87(92)74-70-66-62-58-54-50-44-35-31-27-23-19-15-11-7-3)78-98-85(90)72-68-64-60-56-52-49-46-43-41-39-37-34-30-26-22-18-14-10-6-2/h9,13,21-23,25-28,32-37,40-44,48,51,81-83,88H,5-8,10-12,14-20,24,29-31,38-39,45-47,49-50,52-80H2,1-4H3,(H,93,94)(H,95,96)/b13-9-,25-21-,26-22-,27-23-,32-28-,36-33-,37-34-,42-40-,43-41-,44-35-,51-48-. The summed E-state index contributed by atoms with van der Waals surface area (Å²) < 4.78 is 68.7. The Morgan fingerprint density at radius 2 is 0.491 bits per heavy atom. The predicted molar refractivity (Wildman–Crippen MR) is 436 cm³/mol. The molecular weight excluding hydrogens is 1380 g/mol. The monoisotopic (exact) mass is 1530 g/mol. The molecule has 5 atom stereocenters. The lowest BCUT2D eigenvalue weighted by atomic mass is 10.1. The second-order valence-corrected chi connectivity index (χ2v) is 30.2. The fraction of sp³-hybridized carbons (Fsp3) is 0.701. The van der Waals surface area contributed by atoms with Crippen molar-refractivity contribution < 1.29 is 80.2 Å². The molecule has 0 spiro atoms. The number of esters is 4. The van der Waals surface area contributed by atoms with Crippen LogP contribution in [0.4, 0.5) is 0 Å². The summed E-state index contributed by atoms with van der Waals surface area (Å²) in [6.45, 7) is 4.64. The van der Waals surface area contributed by atoms with E-state index in [1.165, 1.54) is 64.2 Å². The fourth-order valence-corrected chi connectivity index (χ4v) is 12.3. The van der Waals surface area contributed by atoms with Crippen molar-refractivity contribution in [2.75, 3.05) is 39.6 Å². The molecule has 0 fully saturated rings. The fourth-order valence-electron chi connectivity index (χ4n) is 10.7. The van der Waals surface area contributed by atoms with E-state index in [-0.39, 0.29) is 25.7 Å². The lowest BCUT2D eigenvalue weighted by Crippen LogP contribution is -2.30. The second-order valence-electron chi connectivity index (χ2n) is 27.3. The van der Waals surface area contributed by atoms with Crippen molar-refractivity contribution in [3.05, 3.63) is 134 Å². The van der Waals surface area contributed by atoms with Crippen molar-refractivity contribution in [2.24, 2.45) is 0 Å². The summed E-state index contributed by atoms with van der Waals surface area (Å²) >= 11 is 0. The maximum atomic E-state index is 13.1. The molecule has 0 aromatic carbocycles. The highest BCUT2D eigenvalue weighted by atomic mass is 31.2. The van der Waals surface area contributed by atoms with E-state index in [2.05, 4.69) is 161 Å². The number of rotatable bonds is 77. The molecule has 0 aromatic rings. The van der Waals surface area contributed by atoms with Crippen LogP contribution in [0.3, 0.4) is 0 Å². The first-order valence-corrected chi connectivity index (χ1v) is 44.4. The van der Waals surface area contributed by atoms with Gasteiger partial charge in [-0.1, -0.05) is 277 Å². The average molecular weight is 1530 g/mol. The van der Waals surface area contributed by atoms with E-state index >= 15 is 0 Å². The van der Waals surface area contributed by atoms with E-state index in [4.69, 9.17) is 37.0 Å². The van der Waals surface area contributed by atoms with Gasteiger partial charge in [-0.15, -0.1) is 0 Å². The van der Waals surface area contributed by atoms with Gasteiger partial charge in [0.15, 0.2) is 12.2 Å². The van der Waals surface area contributed by atoms with E-state index in [0.29, 0.717) is 25.7 Å². The van der Waals surface area contributed by atoms with E-state index in [9.17, 15) is 43.2 Å². The minimum Gasteiger partial charge on any atom is -0.462 e. The molecular formula is C87H148O17P2. The van der Waals surface area contributed by atoms with Crippen molar-refractivity contribution in [1.29, 1.82) is 0 Å². The summed E-state index contributed by atoms with van der Waals surface area (Å²) in [5, 5.41) is 10.7. The molecule has 0 saturated carbocycles. The minimum absolute atomic E-state index is 0.0729. The van der Waals surface area contributed by atoms with Gasteiger partial charge in [0.25, 0.3) is 0 Å². The molecule has 0 aliphatic rings. The van der Waals surface area contributed by atoms with Gasteiger partial charge in [-0.3, -0.25) is 37.3 Å². The Morgan fingerprint density at radius 3 is 0.792 bits per heavy atom. The summed E-state index contributed by atoms with van der Waals surface area (Å²) in [6, 6.07) is 0. The zero-order valence-electron chi connectivity index (χ0n) is 66.6. The molecule has 3 N–H and O–H groups in total. The van der Waals surface area contributed by atoms with E-state index in [0.717, 1.165) is 193 Å². The summed E-state index contributed by atoms with van der Waals surface area (Å²) in [4.78, 5) is 73.1. The van der Waals surface area contributed by atoms with Crippen LogP contribution in [0.25, 0.3) is 0 Å². The normalized spacial score (nSPS) is 14.5. The van der Waals surface area contributed by atoms with Gasteiger partial charge in [-0.2, -0.15) is 0 Å². The van der Waals surface area contributed by atoms with Crippen molar-refractivity contribution in [3.63, 3.8) is 0 Å². The Hall–Kier alpha value is -4.80. The molecule has 5 unspecified atom stereocenters. The zero-order chi connectivity index (χ0) is 77.4. The number of allylic oxidation sites excluding steroid dienone is 22. The number of ether oxygens (including phenoxy) is 4.